The van der Waals surface area contributed by atoms with E-state index < -0.39 is 17.9 Å². The molecule has 0 aliphatic heterocycles. The second-order valence-corrected chi connectivity index (χ2v) is 8.58. The molecule has 3 rings (SSSR count). The van der Waals surface area contributed by atoms with Crippen LogP contribution in [0.5, 0.6) is 5.75 Å². The van der Waals surface area contributed by atoms with Crippen molar-refractivity contribution in [3.8, 4) is 5.75 Å². The van der Waals surface area contributed by atoms with Gasteiger partial charge in [0.1, 0.15) is 11.6 Å². The summed E-state index contributed by atoms with van der Waals surface area (Å²) in [7, 11) is 0. The first-order chi connectivity index (χ1) is 14.6. The molecule has 2 amide bonds. The lowest BCUT2D eigenvalue weighted by Crippen LogP contribution is -2.47. The molecule has 0 aliphatic rings. The highest BCUT2D eigenvalue weighted by atomic mass is 16.5. The molecule has 164 valence electrons. The van der Waals surface area contributed by atoms with E-state index in [4.69, 9.17) is 4.74 Å². The number of benzene rings is 2. The van der Waals surface area contributed by atoms with Crippen LogP contribution in [0.15, 0.2) is 42.5 Å². The maximum absolute atomic E-state index is 12.5. The first-order valence-electron chi connectivity index (χ1n) is 10.4. The van der Waals surface area contributed by atoms with Crippen molar-refractivity contribution in [2.75, 3.05) is 0 Å². The number of ether oxygens (including phenoxy) is 1. The Morgan fingerprint density at radius 2 is 1.77 bits per heavy atom. The van der Waals surface area contributed by atoms with Crippen LogP contribution in [-0.4, -0.2) is 27.5 Å². The molecular weight excluding hydrogens is 392 g/mol. The van der Waals surface area contributed by atoms with Crippen molar-refractivity contribution in [3.63, 3.8) is 0 Å². The van der Waals surface area contributed by atoms with Crippen LogP contribution in [0.3, 0.4) is 0 Å². The molecule has 2 aromatic carbocycles. The number of nitrogens with zero attached hydrogens (tertiary/aromatic N) is 2. The molecule has 7 nitrogen and oxygen atoms in total. The Hall–Kier alpha value is -3.35. The number of carbonyl (C=O) groups excluding carboxylic acids is 2. The summed E-state index contributed by atoms with van der Waals surface area (Å²) in [6, 6.07) is 13.0. The zero-order valence-corrected chi connectivity index (χ0v) is 18.9. The second-order valence-electron chi connectivity index (χ2n) is 8.58. The molecule has 1 heterocycles. The van der Waals surface area contributed by atoms with E-state index in [2.05, 4.69) is 41.2 Å². The molecule has 1 atom stereocenters. The lowest BCUT2D eigenvalue weighted by Gasteiger charge is -2.20. The maximum Gasteiger partial charge on any atom is 0.279 e. The average molecular weight is 423 g/mol. The molecule has 0 radical (unpaired) electrons. The molecule has 1 unspecified atom stereocenters. The van der Waals surface area contributed by atoms with Crippen molar-refractivity contribution in [2.45, 2.75) is 59.6 Å². The first kappa shape index (κ1) is 22.3. The Bertz CT molecular complexity index is 1090. The van der Waals surface area contributed by atoms with Crippen molar-refractivity contribution in [1.29, 1.82) is 0 Å². The summed E-state index contributed by atoms with van der Waals surface area (Å²) in [6.45, 7) is 12.8. The lowest BCUT2D eigenvalue weighted by atomic mass is 9.87. The predicted molar refractivity (Wildman–Crippen MR) is 121 cm³/mol. The summed E-state index contributed by atoms with van der Waals surface area (Å²) in [4.78, 5) is 29.3. The Morgan fingerprint density at radius 3 is 2.39 bits per heavy atom. The van der Waals surface area contributed by atoms with Crippen LogP contribution in [0, 0.1) is 6.92 Å². The quantitative estimate of drug-likeness (QED) is 0.611. The standard InChI is InChI=1S/C24H30N4O3/c1-7-28-16(3)25-20-14-17(8-13-21(20)28)23(30)27-26-22(29)15(2)31-19-11-9-18(10-12-19)24(4,5)6/h8-15H,7H2,1-6H3,(H,26,29)(H,27,30). The highest BCUT2D eigenvalue weighted by molar-refractivity contribution is 5.98. The number of aryl methyl sites for hydroxylation is 2. The van der Waals surface area contributed by atoms with Crippen molar-refractivity contribution in [2.24, 2.45) is 0 Å². The minimum Gasteiger partial charge on any atom is -0.481 e. The second kappa shape index (κ2) is 8.79. The van der Waals surface area contributed by atoms with Crippen LogP contribution in [0.1, 0.15) is 56.4 Å². The molecule has 0 spiro atoms. The highest BCUT2D eigenvalue weighted by Crippen LogP contribution is 2.24. The summed E-state index contributed by atoms with van der Waals surface area (Å²) in [5.41, 5.74) is 8.22. The van der Waals surface area contributed by atoms with Gasteiger partial charge in [-0.05, 0) is 62.1 Å². The number of rotatable bonds is 5. The molecule has 31 heavy (non-hydrogen) atoms. The largest absolute Gasteiger partial charge is 0.481 e. The van der Waals surface area contributed by atoms with Crippen molar-refractivity contribution in [1.82, 2.24) is 20.4 Å². The molecule has 0 fully saturated rings. The van der Waals surface area contributed by atoms with Gasteiger partial charge in [0.25, 0.3) is 11.8 Å². The van der Waals surface area contributed by atoms with E-state index in [0.717, 1.165) is 23.4 Å². The number of fused-ring (bicyclic) bond motifs is 1. The Morgan fingerprint density at radius 1 is 1.10 bits per heavy atom. The van der Waals surface area contributed by atoms with Crippen LogP contribution in [-0.2, 0) is 16.8 Å². The third-order valence-corrected chi connectivity index (χ3v) is 5.22. The summed E-state index contributed by atoms with van der Waals surface area (Å²) in [5, 5.41) is 0. The van der Waals surface area contributed by atoms with Gasteiger partial charge in [-0.25, -0.2) is 4.98 Å². The van der Waals surface area contributed by atoms with Crippen molar-refractivity contribution >= 4 is 22.8 Å². The van der Waals surface area contributed by atoms with E-state index in [-0.39, 0.29) is 5.41 Å². The monoisotopic (exact) mass is 422 g/mol. The number of nitrogens with one attached hydrogen (secondary N) is 2. The highest BCUT2D eigenvalue weighted by Gasteiger charge is 2.18. The van der Waals surface area contributed by atoms with Gasteiger partial charge in [-0.3, -0.25) is 20.4 Å². The Kier molecular flexibility index (Phi) is 6.34. The van der Waals surface area contributed by atoms with Gasteiger partial charge in [-0.2, -0.15) is 0 Å². The summed E-state index contributed by atoms with van der Waals surface area (Å²) >= 11 is 0. The zero-order chi connectivity index (χ0) is 22.8. The van der Waals surface area contributed by atoms with Crippen molar-refractivity contribution in [3.05, 3.63) is 59.4 Å². The third kappa shape index (κ3) is 5.05. The fourth-order valence-electron chi connectivity index (χ4n) is 3.37. The van der Waals surface area contributed by atoms with Gasteiger partial charge >= 0.3 is 0 Å². The average Bonchev–Trinajstić information content (AvgIpc) is 3.05. The van der Waals surface area contributed by atoms with E-state index in [1.807, 2.05) is 44.2 Å². The topological polar surface area (TPSA) is 85.3 Å². The number of hydrazine groups is 1. The molecule has 1 aromatic heterocycles. The van der Waals surface area contributed by atoms with Gasteiger partial charge in [-0.1, -0.05) is 32.9 Å². The van der Waals surface area contributed by atoms with Gasteiger partial charge in [-0.15, -0.1) is 0 Å². The SMILES string of the molecule is CCn1c(C)nc2cc(C(=O)NNC(=O)C(C)Oc3ccc(C(C)(C)C)cc3)ccc21. The van der Waals surface area contributed by atoms with E-state index in [1.54, 1.807) is 19.1 Å². The summed E-state index contributed by atoms with van der Waals surface area (Å²) in [5.74, 6) is 0.625. The predicted octanol–water partition coefficient (Wildman–Crippen LogP) is 3.89. The van der Waals surface area contributed by atoms with Crippen LogP contribution >= 0.6 is 0 Å². The number of imidazole rings is 1. The Labute approximate surface area is 182 Å². The van der Waals surface area contributed by atoms with Gasteiger partial charge in [0, 0.05) is 12.1 Å². The molecule has 0 aliphatic carbocycles. The van der Waals surface area contributed by atoms with E-state index in [9.17, 15) is 9.59 Å². The summed E-state index contributed by atoms with van der Waals surface area (Å²) in [6.07, 6.45) is -0.772. The van der Waals surface area contributed by atoms with Crippen LogP contribution in [0.4, 0.5) is 0 Å². The minimum atomic E-state index is -0.772. The van der Waals surface area contributed by atoms with E-state index in [1.165, 1.54) is 5.56 Å². The van der Waals surface area contributed by atoms with Crippen molar-refractivity contribution < 1.29 is 14.3 Å². The molecule has 0 saturated heterocycles. The third-order valence-electron chi connectivity index (χ3n) is 5.22. The van der Waals surface area contributed by atoms with Gasteiger partial charge in [0.2, 0.25) is 0 Å². The molecule has 2 N–H and O–H groups in total. The molecule has 7 heteroatoms. The fourth-order valence-corrected chi connectivity index (χ4v) is 3.37. The number of hydrogen-bond acceptors (Lipinski definition) is 4. The smallest absolute Gasteiger partial charge is 0.279 e. The molecular formula is C24H30N4O3. The number of aromatic nitrogens is 2. The zero-order valence-electron chi connectivity index (χ0n) is 18.9. The maximum atomic E-state index is 12.5. The minimum absolute atomic E-state index is 0.0438. The normalized spacial score (nSPS) is 12.5. The number of hydrogen-bond donors (Lipinski definition) is 2. The Balaban J connectivity index is 1.58. The molecule has 3 aromatic rings. The van der Waals surface area contributed by atoms with E-state index in [0.29, 0.717) is 11.3 Å². The summed E-state index contributed by atoms with van der Waals surface area (Å²) < 4.78 is 7.77. The van der Waals surface area contributed by atoms with Gasteiger partial charge in [0.15, 0.2) is 6.10 Å². The van der Waals surface area contributed by atoms with Gasteiger partial charge < -0.3 is 9.30 Å². The molecule has 0 bridgehead atoms. The number of amides is 2. The number of carbonyl (C=O) groups is 2. The fraction of sp³-hybridized carbons (Fsp3) is 0.375. The van der Waals surface area contributed by atoms with Gasteiger partial charge in [0.05, 0.1) is 11.0 Å². The van der Waals surface area contributed by atoms with E-state index >= 15 is 0 Å². The first-order valence-corrected chi connectivity index (χ1v) is 10.4. The lowest BCUT2D eigenvalue weighted by molar-refractivity contribution is -0.128. The molecule has 0 saturated carbocycles. The van der Waals surface area contributed by atoms with Crippen LogP contribution in [0.2, 0.25) is 0 Å². The van der Waals surface area contributed by atoms with Crippen LogP contribution in [0.25, 0.3) is 11.0 Å². The van der Waals surface area contributed by atoms with Crippen LogP contribution < -0.4 is 15.6 Å².